The fourth-order valence-corrected chi connectivity index (χ4v) is 1.91. The van der Waals surface area contributed by atoms with Crippen molar-refractivity contribution < 1.29 is 10.2 Å². The lowest BCUT2D eigenvalue weighted by Gasteiger charge is -2.22. The van der Waals surface area contributed by atoms with Gasteiger partial charge in [0.05, 0.1) is 10.0 Å². The van der Waals surface area contributed by atoms with E-state index in [0.29, 0.717) is 5.56 Å². The second-order valence-corrected chi connectivity index (χ2v) is 4.95. The van der Waals surface area contributed by atoms with Crippen LogP contribution in [0.2, 0.25) is 10.0 Å². The predicted octanol–water partition coefficient (Wildman–Crippen LogP) is 3.70. The van der Waals surface area contributed by atoms with Crippen LogP contribution in [0.25, 0.3) is 0 Å². The maximum absolute atomic E-state index is 9.65. The highest BCUT2D eigenvalue weighted by Crippen LogP contribution is 2.45. The summed E-state index contributed by atoms with van der Waals surface area (Å²) < 4.78 is 0. The van der Waals surface area contributed by atoms with E-state index in [0.717, 1.165) is 0 Å². The summed E-state index contributed by atoms with van der Waals surface area (Å²) in [5.41, 5.74) is 0.0907. The van der Waals surface area contributed by atoms with Crippen molar-refractivity contribution in [3.05, 3.63) is 21.7 Å². The Morgan fingerprint density at radius 2 is 1.64 bits per heavy atom. The monoisotopic (exact) mass is 234 g/mol. The standard InChI is InChI=1S/C10H12Cl2O2/c1-10(2,3)7-8(12)5(11)4-6(13)9(7)14/h4,13-14H,1-3H3. The lowest BCUT2D eigenvalue weighted by molar-refractivity contribution is 0.389. The van der Waals surface area contributed by atoms with Gasteiger partial charge in [-0.05, 0) is 5.41 Å². The van der Waals surface area contributed by atoms with Gasteiger partial charge >= 0.3 is 0 Å². The average Bonchev–Trinajstić information content (AvgIpc) is 1.98. The van der Waals surface area contributed by atoms with Crippen molar-refractivity contribution in [2.24, 2.45) is 0 Å². The largest absolute Gasteiger partial charge is 0.504 e. The second kappa shape index (κ2) is 3.52. The Kier molecular flexibility index (Phi) is 2.88. The summed E-state index contributed by atoms with van der Waals surface area (Å²) in [6.07, 6.45) is 0. The first kappa shape index (κ1) is 11.5. The van der Waals surface area contributed by atoms with Crippen LogP contribution in [0.4, 0.5) is 0 Å². The molecule has 0 aliphatic carbocycles. The Bertz CT molecular complexity index is 341. The first-order valence-electron chi connectivity index (χ1n) is 4.15. The van der Waals surface area contributed by atoms with E-state index < -0.39 is 0 Å². The van der Waals surface area contributed by atoms with Crippen molar-refractivity contribution in [3.8, 4) is 11.5 Å². The smallest absolute Gasteiger partial charge is 0.162 e. The third-order valence-electron chi connectivity index (χ3n) is 1.92. The second-order valence-electron chi connectivity index (χ2n) is 4.17. The summed E-state index contributed by atoms with van der Waals surface area (Å²) in [5, 5.41) is 19.6. The fourth-order valence-electron chi connectivity index (χ4n) is 1.29. The van der Waals surface area contributed by atoms with Crippen LogP contribution < -0.4 is 0 Å². The zero-order valence-electron chi connectivity index (χ0n) is 8.23. The molecule has 0 unspecified atom stereocenters. The van der Waals surface area contributed by atoms with Gasteiger partial charge in [0.2, 0.25) is 0 Å². The van der Waals surface area contributed by atoms with Gasteiger partial charge in [-0.3, -0.25) is 0 Å². The normalized spacial score (nSPS) is 11.8. The van der Waals surface area contributed by atoms with E-state index in [-0.39, 0.29) is 27.0 Å². The van der Waals surface area contributed by atoms with Gasteiger partial charge in [-0.1, -0.05) is 44.0 Å². The average molecular weight is 235 g/mol. The summed E-state index contributed by atoms with van der Waals surface area (Å²) in [4.78, 5) is 0. The van der Waals surface area contributed by atoms with E-state index in [4.69, 9.17) is 23.2 Å². The summed E-state index contributed by atoms with van der Waals surface area (Å²) >= 11 is 11.7. The highest BCUT2D eigenvalue weighted by atomic mass is 35.5. The number of benzene rings is 1. The summed E-state index contributed by atoms with van der Waals surface area (Å²) in [6.45, 7) is 5.64. The molecule has 0 aliphatic heterocycles. The molecule has 0 saturated heterocycles. The van der Waals surface area contributed by atoms with Crippen molar-refractivity contribution in [1.82, 2.24) is 0 Å². The van der Waals surface area contributed by atoms with Gasteiger partial charge in [-0.15, -0.1) is 0 Å². The molecule has 78 valence electrons. The van der Waals surface area contributed by atoms with Gasteiger partial charge in [0, 0.05) is 11.6 Å². The highest BCUT2D eigenvalue weighted by Gasteiger charge is 2.25. The fraction of sp³-hybridized carbons (Fsp3) is 0.400. The highest BCUT2D eigenvalue weighted by molar-refractivity contribution is 6.42. The number of phenols is 2. The molecule has 0 atom stereocenters. The molecule has 1 aromatic carbocycles. The van der Waals surface area contributed by atoms with E-state index in [1.54, 1.807) is 0 Å². The SMILES string of the molecule is CC(C)(C)c1c(O)c(O)cc(Cl)c1Cl. The maximum Gasteiger partial charge on any atom is 0.162 e. The van der Waals surface area contributed by atoms with Crippen LogP contribution >= 0.6 is 23.2 Å². The minimum absolute atomic E-state index is 0.202. The molecule has 0 aromatic heterocycles. The molecule has 0 radical (unpaired) electrons. The van der Waals surface area contributed by atoms with E-state index in [1.807, 2.05) is 20.8 Å². The number of halogens is 2. The van der Waals surface area contributed by atoms with Crippen molar-refractivity contribution >= 4 is 23.2 Å². The van der Waals surface area contributed by atoms with Gasteiger partial charge in [0.15, 0.2) is 11.5 Å². The number of hydrogen-bond acceptors (Lipinski definition) is 2. The molecule has 1 aromatic rings. The molecule has 14 heavy (non-hydrogen) atoms. The van der Waals surface area contributed by atoms with Gasteiger partial charge in [-0.2, -0.15) is 0 Å². The molecule has 0 bridgehead atoms. The van der Waals surface area contributed by atoms with Crippen LogP contribution in [0.3, 0.4) is 0 Å². The first-order valence-corrected chi connectivity index (χ1v) is 4.91. The van der Waals surface area contributed by atoms with Crippen molar-refractivity contribution in [3.63, 3.8) is 0 Å². The molecule has 4 heteroatoms. The van der Waals surface area contributed by atoms with Gasteiger partial charge in [-0.25, -0.2) is 0 Å². The topological polar surface area (TPSA) is 40.5 Å². The van der Waals surface area contributed by atoms with Crippen LogP contribution in [-0.2, 0) is 5.41 Å². The van der Waals surface area contributed by atoms with E-state index >= 15 is 0 Å². The summed E-state index contributed by atoms with van der Waals surface area (Å²) in [5.74, 6) is -0.448. The van der Waals surface area contributed by atoms with E-state index in [1.165, 1.54) is 6.07 Å². The van der Waals surface area contributed by atoms with Crippen LogP contribution in [0, 0.1) is 0 Å². The molecule has 0 saturated carbocycles. The molecule has 2 N–H and O–H groups in total. The molecule has 0 aliphatic rings. The molecule has 0 spiro atoms. The summed E-state index contributed by atoms with van der Waals surface area (Å²) in [7, 11) is 0. The van der Waals surface area contributed by atoms with Crippen LogP contribution in [0.15, 0.2) is 6.07 Å². The molecule has 1 rings (SSSR count). The van der Waals surface area contributed by atoms with E-state index in [9.17, 15) is 10.2 Å². The van der Waals surface area contributed by atoms with Gasteiger partial charge in [0.25, 0.3) is 0 Å². The minimum atomic E-state index is -0.371. The number of rotatable bonds is 0. The molecule has 2 nitrogen and oxygen atoms in total. The molecule has 0 fully saturated rings. The summed E-state index contributed by atoms with van der Waals surface area (Å²) in [6, 6.07) is 1.23. The van der Waals surface area contributed by atoms with Gasteiger partial charge in [0.1, 0.15) is 0 Å². The third-order valence-corrected chi connectivity index (χ3v) is 2.71. The molecule has 0 amide bonds. The predicted molar refractivity (Wildman–Crippen MR) is 58.5 cm³/mol. The molecular weight excluding hydrogens is 223 g/mol. The first-order chi connectivity index (χ1) is 6.25. The minimum Gasteiger partial charge on any atom is -0.504 e. The zero-order chi connectivity index (χ0) is 11.1. The van der Waals surface area contributed by atoms with Crippen LogP contribution in [0.5, 0.6) is 11.5 Å². The van der Waals surface area contributed by atoms with Gasteiger partial charge < -0.3 is 10.2 Å². The maximum atomic E-state index is 9.65. The zero-order valence-corrected chi connectivity index (χ0v) is 9.74. The molecular formula is C10H12Cl2O2. The number of aromatic hydroxyl groups is 2. The Hall–Kier alpha value is -0.600. The Labute approximate surface area is 93.1 Å². The van der Waals surface area contributed by atoms with E-state index in [2.05, 4.69) is 0 Å². The lowest BCUT2D eigenvalue weighted by atomic mass is 9.86. The van der Waals surface area contributed by atoms with Crippen molar-refractivity contribution in [2.75, 3.05) is 0 Å². The quantitative estimate of drug-likeness (QED) is 0.673. The Balaban J connectivity index is 3.56. The van der Waals surface area contributed by atoms with Crippen LogP contribution in [-0.4, -0.2) is 10.2 Å². The van der Waals surface area contributed by atoms with Crippen molar-refractivity contribution in [1.29, 1.82) is 0 Å². The van der Waals surface area contributed by atoms with Crippen LogP contribution in [0.1, 0.15) is 26.3 Å². The Morgan fingerprint density at radius 1 is 1.14 bits per heavy atom. The third kappa shape index (κ3) is 1.91. The number of hydrogen-bond donors (Lipinski definition) is 2. The number of phenolic OH excluding ortho intramolecular Hbond substituents is 2. The Morgan fingerprint density at radius 3 is 2.07 bits per heavy atom. The van der Waals surface area contributed by atoms with Crippen molar-refractivity contribution in [2.45, 2.75) is 26.2 Å². The molecule has 0 heterocycles. The lowest BCUT2D eigenvalue weighted by Crippen LogP contribution is -2.12.